The number of aryl methyl sites for hydroxylation is 1. The van der Waals surface area contributed by atoms with Gasteiger partial charge >= 0.3 is 0 Å². The fourth-order valence-electron chi connectivity index (χ4n) is 5.15. The second-order valence-corrected chi connectivity index (χ2v) is 12.0. The SMILES string of the molecule is CNC(=O)c1c(-c2ccc(C)cc2)oc2cc3c(cc12)-c1cc(cc(C(=O)NC(C)(C)C)c1)NC(=O)CCCCC(=O)N3. The van der Waals surface area contributed by atoms with E-state index in [0.29, 0.717) is 63.2 Å². The Bertz CT molecular complexity index is 1750. The predicted octanol–water partition coefficient (Wildman–Crippen LogP) is 6.41. The number of amides is 4. The molecule has 222 valence electrons. The van der Waals surface area contributed by atoms with Gasteiger partial charge in [0.2, 0.25) is 11.8 Å². The van der Waals surface area contributed by atoms with Crippen LogP contribution in [-0.2, 0) is 9.59 Å². The Balaban J connectivity index is 1.78. The molecule has 0 fully saturated rings. The fourth-order valence-corrected chi connectivity index (χ4v) is 5.15. The van der Waals surface area contributed by atoms with Crippen molar-refractivity contribution in [3.05, 3.63) is 71.3 Å². The zero-order valence-electron chi connectivity index (χ0n) is 25.1. The van der Waals surface area contributed by atoms with Crippen LogP contribution in [0.25, 0.3) is 33.4 Å². The fraction of sp³-hybridized carbons (Fsp3) is 0.294. The number of nitrogens with one attached hydrogen (secondary N) is 4. The molecular weight excluding hydrogens is 544 g/mol. The number of hydrogen-bond acceptors (Lipinski definition) is 5. The first-order valence-corrected chi connectivity index (χ1v) is 14.4. The van der Waals surface area contributed by atoms with Gasteiger partial charge in [-0.2, -0.15) is 0 Å². The topological polar surface area (TPSA) is 130 Å². The van der Waals surface area contributed by atoms with Crippen LogP contribution in [0.15, 0.2) is 59.0 Å². The molecule has 5 rings (SSSR count). The molecule has 9 nitrogen and oxygen atoms in total. The summed E-state index contributed by atoms with van der Waals surface area (Å²) in [6, 6.07) is 16.3. The number of benzene rings is 3. The highest BCUT2D eigenvalue weighted by molar-refractivity contribution is 6.14. The Hall–Kier alpha value is -4.92. The first-order valence-electron chi connectivity index (χ1n) is 14.4. The van der Waals surface area contributed by atoms with Crippen LogP contribution in [0.1, 0.15) is 72.7 Å². The quantitative estimate of drug-likeness (QED) is 0.222. The number of rotatable bonds is 3. The van der Waals surface area contributed by atoms with Gasteiger partial charge in [0.25, 0.3) is 11.8 Å². The smallest absolute Gasteiger partial charge is 0.255 e. The number of carbonyl (C=O) groups is 4. The third-order valence-electron chi connectivity index (χ3n) is 7.21. The molecule has 0 radical (unpaired) electrons. The summed E-state index contributed by atoms with van der Waals surface area (Å²) >= 11 is 0. The van der Waals surface area contributed by atoms with Gasteiger partial charge in [-0.15, -0.1) is 0 Å². The predicted molar refractivity (Wildman–Crippen MR) is 168 cm³/mol. The average Bonchev–Trinajstić information content (AvgIpc) is 3.31. The van der Waals surface area contributed by atoms with E-state index in [2.05, 4.69) is 21.3 Å². The van der Waals surface area contributed by atoms with Gasteiger partial charge in [-0.3, -0.25) is 19.2 Å². The van der Waals surface area contributed by atoms with Crippen LogP contribution >= 0.6 is 0 Å². The molecule has 1 aliphatic rings. The van der Waals surface area contributed by atoms with Gasteiger partial charge in [0.1, 0.15) is 11.3 Å². The second kappa shape index (κ2) is 11.8. The van der Waals surface area contributed by atoms with Crippen molar-refractivity contribution in [2.24, 2.45) is 0 Å². The molecule has 3 aromatic carbocycles. The zero-order chi connectivity index (χ0) is 30.9. The molecule has 0 atom stereocenters. The second-order valence-electron chi connectivity index (χ2n) is 12.0. The van der Waals surface area contributed by atoms with Crippen LogP contribution in [0.3, 0.4) is 0 Å². The third-order valence-corrected chi connectivity index (χ3v) is 7.21. The molecule has 0 saturated heterocycles. The molecule has 4 aromatic rings. The first-order chi connectivity index (χ1) is 20.4. The molecule has 4 N–H and O–H groups in total. The maximum atomic E-state index is 13.3. The minimum atomic E-state index is -0.487. The van der Waals surface area contributed by atoms with E-state index >= 15 is 0 Å². The molecule has 0 saturated carbocycles. The molecule has 0 aliphatic carbocycles. The number of carbonyl (C=O) groups excluding carboxylic acids is 4. The lowest BCUT2D eigenvalue weighted by Gasteiger charge is -2.21. The number of fused-ring (bicyclic) bond motifs is 5. The summed E-state index contributed by atoms with van der Waals surface area (Å²) in [4.78, 5) is 52.3. The lowest BCUT2D eigenvalue weighted by Crippen LogP contribution is -2.40. The average molecular weight is 581 g/mol. The molecule has 2 heterocycles. The molecular formula is C34H36N4O5. The van der Waals surface area contributed by atoms with Crippen LogP contribution in [-0.4, -0.2) is 36.2 Å². The summed E-state index contributed by atoms with van der Waals surface area (Å²) in [6.45, 7) is 7.65. The van der Waals surface area contributed by atoms with Crippen molar-refractivity contribution < 1.29 is 23.6 Å². The Kier molecular flexibility index (Phi) is 8.08. The van der Waals surface area contributed by atoms with E-state index in [4.69, 9.17) is 4.42 Å². The molecule has 43 heavy (non-hydrogen) atoms. The van der Waals surface area contributed by atoms with E-state index < -0.39 is 5.54 Å². The van der Waals surface area contributed by atoms with Crippen LogP contribution in [0.2, 0.25) is 0 Å². The highest BCUT2D eigenvalue weighted by atomic mass is 16.3. The molecule has 9 heteroatoms. The lowest BCUT2D eigenvalue weighted by molar-refractivity contribution is -0.118. The van der Waals surface area contributed by atoms with E-state index in [1.807, 2.05) is 52.0 Å². The standard InChI is InChI=1S/C34H36N4O5/c1-19-10-12-20(13-11-19)31-30(33(42)35-5)25-17-24-21-14-22(32(41)38-34(2,3)4)16-23(15-21)36-28(39)8-6-7-9-29(40)37-26(24)18-27(25)43-31/h10-18H,6-9H2,1-5H3,(H,35,42)(H,36,39)(H,37,40)(H,38,41). The first kappa shape index (κ1) is 29.6. The summed E-state index contributed by atoms with van der Waals surface area (Å²) in [7, 11) is 1.56. The molecule has 0 unspecified atom stereocenters. The summed E-state index contributed by atoms with van der Waals surface area (Å²) in [5.41, 5.74) is 4.51. The summed E-state index contributed by atoms with van der Waals surface area (Å²) < 4.78 is 6.29. The van der Waals surface area contributed by atoms with E-state index in [1.54, 1.807) is 37.4 Å². The highest BCUT2D eigenvalue weighted by Gasteiger charge is 2.25. The number of hydrogen-bond donors (Lipinski definition) is 4. The maximum Gasteiger partial charge on any atom is 0.255 e. The van der Waals surface area contributed by atoms with E-state index in [-0.39, 0.29) is 36.5 Å². The maximum absolute atomic E-state index is 13.3. The molecule has 1 aliphatic heterocycles. The molecule has 4 amide bonds. The summed E-state index contributed by atoms with van der Waals surface area (Å²) in [5.74, 6) is -0.636. The minimum Gasteiger partial charge on any atom is -0.455 e. The highest BCUT2D eigenvalue weighted by Crippen LogP contribution is 2.41. The largest absolute Gasteiger partial charge is 0.455 e. The van der Waals surface area contributed by atoms with E-state index in [0.717, 1.165) is 11.1 Å². The van der Waals surface area contributed by atoms with Gasteiger partial charge in [0.05, 0.1) is 11.3 Å². The van der Waals surface area contributed by atoms with Gasteiger partial charge in [-0.05, 0) is 70.4 Å². The summed E-state index contributed by atoms with van der Waals surface area (Å²) in [5, 5.41) is 12.2. The lowest BCUT2D eigenvalue weighted by atomic mass is 9.96. The van der Waals surface area contributed by atoms with Crippen molar-refractivity contribution in [3.8, 4) is 22.5 Å². The zero-order valence-corrected chi connectivity index (χ0v) is 25.1. The van der Waals surface area contributed by atoms with Crippen molar-refractivity contribution >= 4 is 46.0 Å². The monoisotopic (exact) mass is 580 g/mol. The Morgan fingerprint density at radius 3 is 2.16 bits per heavy atom. The number of anilines is 2. The minimum absolute atomic E-state index is 0.200. The number of furan rings is 1. The van der Waals surface area contributed by atoms with Crippen LogP contribution < -0.4 is 21.3 Å². The van der Waals surface area contributed by atoms with Crippen LogP contribution in [0, 0.1) is 6.92 Å². The van der Waals surface area contributed by atoms with Crippen molar-refractivity contribution in [2.45, 2.75) is 58.9 Å². The molecule has 0 spiro atoms. The van der Waals surface area contributed by atoms with Gasteiger partial charge in [0, 0.05) is 59.3 Å². The van der Waals surface area contributed by atoms with Gasteiger partial charge in [-0.25, -0.2) is 0 Å². The van der Waals surface area contributed by atoms with Crippen molar-refractivity contribution in [3.63, 3.8) is 0 Å². The summed E-state index contributed by atoms with van der Waals surface area (Å²) in [6.07, 6.45) is 1.55. The van der Waals surface area contributed by atoms with Gasteiger partial charge < -0.3 is 25.7 Å². The van der Waals surface area contributed by atoms with Gasteiger partial charge in [0.15, 0.2) is 0 Å². The van der Waals surface area contributed by atoms with Crippen molar-refractivity contribution in [1.82, 2.24) is 10.6 Å². The Morgan fingerprint density at radius 1 is 0.837 bits per heavy atom. The molecule has 2 bridgehead atoms. The van der Waals surface area contributed by atoms with E-state index in [1.165, 1.54) is 0 Å². The normalized spacial score (nSPS) is 14.0. The Labute approximate surface area is 250 Å². The Morgan fingerprint density at radius 2 is 1.51 bits per heavy atom. The van der Waals surface area contributed by atoms with E-state index in [9.17, 15) is 19.2 Å². The van der Waals surface area contributed by atoms with Crippen molar-refractivity contribution in [1.29, 1.82) is 0 Å². The third kappa shape index (κ3) is 6.61. The van der Waals surface area contributed by atoms with Crippen LogP contribution in [0.5, 0.6) is 0 Å². The van der Waals surface area contributed by atoms with Gasteiger partial charge in [-0.1, -0.05) is 29.8 Å². The van der Waals surface area contributed by atoms with Crippen molar-refractivity contribution in [2.75, 3.05) is 17.7 Å². The molecule has 1 aromatic heterocycles. The van der Waals surface area contributed by atoms with Crippen LogP contribution in [0.4, 0.5) is 11.4 Å².